The second-order valence-electron chi connectivity index (χ2n) is 5.90. The smallest absolute Gasteiger partial charge is 0.300 e. The zero-order valence-electron chi connectivity index (χ0n) is 13.8. The zero-order chi connectivity index (χ0) is 17.2. The molecule has 0 radical (unpaired) electrons. The molecule has 0 amide bonds. The van der Waals surface area contributed by atoms with Crippen LogP contribution in [0.2, 0.25) is 0 Å². The minimum absolute atomic E-state index is 0.123. The maximum absolute atomic E-state index is 12.3. The van der Waals surface area contributed by atoms with E-state index in [4.69, 9.17) is 8.92 Å². The summed E-state index contributed by atoms with van der Waals surface area (Å²) in [6, 6.07) is 12.2. The number of rotatable bonds is 5. The van der Waals surface area contributed by atoms with E-state index in [0.717, 1.165) is 30.6 Å². The van der Waals surface area contributed by atoms with Gasteiger partial charge in [0.2, 0.25) is 6.29 Å². The van der Waals surface area contributed by atoms with Crippen LogP contribution in [0.4, 0.5) is 5.69 Å². The average Bonchev–Trinajstić information content (AvgIpc) is 2.54. The quantitative estimate of drug-likeness (QED) is 0.663. The van der Waals surface area contributed by atoms with Crippen LogP contribution in [0.5, 0.6) is 5.75 Å². The molecule has 1 aliphatic rings. The molecule has 2 aromatic rings. The molecule has 0 bridgehead atoms. The monoisotopic (exact) mass is 347 g/mol. The molecule has 2 aromatic carbocycles. The van der Waals surface area contributed by atoms with Gasteiger partial charge in [-0.05, 0) is 62.6 Å². The second-order valence-corrected chi connectivity index (χ2v) is 7.47. The molecule has 3 rings (SSSR count). The van der Waals surface area contributed by atoms with E-state index in [0.29, 0.717) is 5.75 Å². The maximum Gasteiger partial charge on any atom is 0.300 e. The molecule has 24 heavy (non-hydrogen) atoms. The predicted molar refractivity (Wildman–Crippen MR) is 92.8 cm³/mol. The first-order valence-corrected chi connectivity index (χ1v) is 9.38. The van der Waals surface area contributed by atoms with Gasteiger partial charge >= 0.3 is 0 Å². The Hall–Kier alpha value is -2.05. The number of hydrogen-bond donors (Lipinski definition) is 1. The summed E-state index contributed by atoms with van der Waals surface area (Å²) in [6.45, 7) is 4.44. The fourth-order valence-corrected chi connectivity index (χ4v) is 3.65. The van der Waals surface area contributed by atoms with Crippen LogP contribution in [0, 0.1) is 6.92 Å². The van der Waals surface area contributed by atoms with Gasteiger partial charge in [-0.25, -0.2) is 4.18 Å². The summed E-state index contributed by atoms with van der Waals surface area (Å²) in [5.74, 6) is 0.601. The summed E-state index contributed by atoms with van der Waals surface area (Å²) >= 11 is 0. The SMILES string of the molecule is Cc1ccc(S(=O)(=O)OC(C)Oc2ccc3c(c2)CCCN3)cc1. The third-order valence-corrected chi connectivity index (χ3v) is 5.26. The van der Waals surface area contributed by atoms with Gasteiger partial charge in [0.25, 0.3) is 10.1 Å². The highest BCUT2D eigenvalue weighted by Crippen LogP contribution is 2.27. The first-order chi connectivity index (χ1) is 11.4. The molecule has 0 saturated heterocycles. The number of aryl methyl sites for hydroxylation is 2. The van der Waals surface area contributed by atoms with Crippen molar-refractivity contribution in [2.75, 3.05) is 11.9 Å². The Bertz CT molecular complexity index is 815. The Morgan fingerprint density at radius 3 is 2.62 bits per heavy atom. The minimum atomic E-state index is -3.85. The van der Waals surface area contributed by atoms with E-state index in [9.17, 15) is 8.42 Å². The number of hydrogen-bond acceptors (Lipinski definition) is 5. The summed E-state index contributed by atoms with van der Waals surface area (Å²) < 4.78 is 35.3. The molecule has 0 aliphatic carbocycles. The third-order valence-electron chi connectivity index (χ3n) is 3.89. The van der Waals surface area contributed by atoms with Crippen LogP contribution < -0.4 is 10.1 Å². The van der Waals surface area contributed by atoms with Crippen molar-refractivity contribution in [3.05, 3.63) is 53.6 Å². The highest BCUT2D eigenvalue weighted by molar-refractivity contribution is 7.86. The summed E-state index contributed by atoms with van der Waals surface area (Å²) in [6.07, 6.45) is 1.15. The van der Waals surface area contributed by atoms with Gasteiger partial charge in [0.1, 0.15) is 5.75 Å². The lowest BCUT2D eigenvalue weighted by molar-refractivity contribution is 0.0281. The van der Waals surface area contributed by atoms with E-state index in [2.05, 4.69) is 5.32 Å². The molecule has 6 heteroatoms. The van der Waals surface area contributed by atoms with Gasteiger partial charge in [-0.2, -0.15) is 8.42 Å². The number of nitrogens with one attached hydrogen (secondary N) is 1. The molecule has 1 aliphatic heterocycles. The number of anilines is 1. The Balaban J connectivity index is 1.68. The van der Waals surface area contributed by atoms with E-state index in [1.807, 2.05) is 25.1 Å². The number of ether oxygens (including phenoxy) is 1. The Morgan fingerprint density at radius 2 is 1.88 bits per heavy atom. The van der Waals surface area contributed by atoms with Crippen molar-refractivity contribution in [1.82, 2.24) is 0 Å². The first-order valence-electron chi connectivity index (χ1n) is 7.97. The Morgan fingerprint density at radius 1 is 1.12 bits per heavy atom. The van der Waals surface area contributed by atoms with Crippen LogP contribution in [0.1, 0.15) is 24.5 Å². The normalized spacial score (nSPS) is 15.2. The molecule has 0 aromatic heterocycles. The molecule has 5 nitrogen and oxygen atoms in total. The van der Waals surface area contributed by atoms with Crippen molar-refractivity contribution in [3.63, 3.8) is 0 Å². The van der Waals surface area contributed by atoms with Crippen molar-refractivity contribution >= 4 is 15.8 Å². The van der Waals surface area contributed by atoms with Crippen molar-refractivity contribution in [1.29, 1.82) is 0 Å². The van der Waals surface area contributed by atoms with E-state index in [-0.39, 0.29) is 4.90 Å². The molecule has 0 spiro atoms. The van der Waals surface area contributed by atoms with Gasteiger partial charge in [-0.3, -0.25) is 0 Å². The van der Waals surface area contributed by atoms with Crippen molar-refractivity contribution in [2.24, 2.45) is 0 Å². The molecule has 1 N–H and O–H groups in total. The summed E-state index contributed by atoms with van der Waals surface area (Å²) in [4.78, 5) is 0.123. The number of fused-ring (bicyclic) bond motifs is 1. The van der Waals surface area contributed by atoms with Crippen LogP contribution >= 0.6 is 0 Å². The second kappa shape index (κ2) is 6.83. The lowest BCUT2D eigenvalue weighted by Crippen LogP contribution is -2.21. The molecule has 0 saturated carbocycles. The fraction of sp³-hybridized carbons (Fsp3) is 0.333. The van der Waals surface area contributed by atoms with Crippen LogP contribution in [0.3, 0.4) is 0 Å². The average molecular weight is 347 g/mol. The summed E-state index contributed by atoms with van der Waals surface area (Å²) in [5.41, 5.74) is 3.27. The topological polar surface area (TPSA) is 64.6 Å². The van der Waals surface area contributed by atoms with Crippen LogP contribution in [-0.2, 0) is 20.7 Å². The molecule has 128 valence electrons. The van der Waals surface area contributed by atoms with Crippen LogP contribution in [0.25, 0.3) is 0 Å². The van der Waals surface area contributed by atoms with E-state index >= 15 is 0 Å². The van der Waals surface area contributed by atoms with Gasteiger partial charge in [0.05, 0.1) is 4.90 Å². The molecule has 1 unspecified atom stereocenters. The van der Waals surface area contributed by atoms with E-state index < -0.39 is 16.4 Å². The van der Waals surface area contributed by atoms with Crippen LogP contribution in [0.15, 0.2) is 47.4 Å². The highest BCUT2D eigenvalue weighted by atomic mass is 32.2. The standard InChI is InChI=1S/C18H21NO4S/c1-13-5-8-17(9-6-13)24(20,21)23-14(2)22-16-7-10-18-15(12-16)4-3-11-19-18/h5-10,12,14,19H,3-4,11H2,1-2H3. The van der Waals surface area contributed by atoms with Gasteiger partial charge in [0, 0.05) is 12.2 Å². The predicted octanol–water partition coefficient (Wildman–Crippen LogP) is 3.48. The van der Waals surface area contributed by atoms with Crippen molar-refractivity contribution < 1.29 is 17.3 Å². The first kappa shape index (κ1) is 16.8. The number of benzene rings is 2. The van der Waals surface area contributed by atoms with Crippen LogP contribution in [-0.4, -0.2) is 21.3 Å². The van der Waals surface area contributed by atoms with Gasteiger partial charge in [-0.1, -0.05) is 17.7 Å². The van der Waals surface area contributed by atoms with Gasteiger partial charge in [-0.15, -0.1) is 0 Å². The molecule has 1 heterocycles. The largest absolute Gasteiger partial charge is 0.464 e. The maximum atomic E-state index is 12.3. The molecule has 0 fully saturated rings. The summed E-state index contributed by atoms with van der Waals surface area (Å²) in [5, 5.41) is 3.32. The molecule has 1 atom stereocenters. The van der Waals surface area contributed by atoms with Gasteiger partial charge < -0.3 is 10.1 Å². The Labute approximate surface area is 142 Å². The molecular formula is C18H21NO4S. The van der Waals surface area contributed by atoms with Crippen molar-refractivity contribution in [3.8, 4) is 5.75 Å². The van der Waals surface area contributed by atoms with Crippen molar-refractivity contribution in [2.45, 2.75) is 37.9 Å². The zero-order valence-corrected chi connectivity index (χ0v) is 14.6. The minimum Gasteiger partial charge on any atom is -0.464 e. The summed E-state index contributed by atoms with van der Waals surface area (Å²) in [7, 11) is -3.85. The van der Waals surface area contributed by atoms with Gasteiger partial charge in [0.15, 0.2) is 0 Å². The lowest BCUT2D eigenvalue weighted by atomic mass is 10.0. The highest BCUT2D eigenvalue weighted by Gasteiger charge is 2.20. The Kier molecular flexibility index (Phi) is 4.78. The fourth-order valence-electron chi connectivity index (χ4n) is 2.67. The van der Waals surface area contributed by atoms with E-state index in [1.54, 1.807) is 19.1 Å². The lowest BCUT2D eigenvalue weighted by Gasteiger charge is -2.20. The van der Waals surface area contributed by atoms with E-state index in [1.165, 1.54) is 17.7 Å². The molecular weight excluding hydrogens is 326 g/mol. The third kappa shape index (κ3) is 3.88.